The summed E-state index contributed by atoms with van der Waals surface area (Å²) in [6, 6.07) is 0. The summed E-state index contributed by atoms with van der Waals surface area (Å²) in [6.45, 7) is 9.64. The van der Waals surface area contributed by atoms with Gasteiger partial charge in [-0.15, -0.1) is 0 Å². The van der Waals surface area contributed by atoms with Crippen molar-refractivity contribution in [1.82, 2.24) is 5.32 Å². The number of nitrogens with one attached hydrogen (secondary N) is 1. The molecule has 3 nitrogen and oxygen atoms in total. The predicted octanol–water partition coefficient (Wildman–Crippen LogP) is 0.981. The zero-order valence-corrected chi connectivity index (χ0v) is 8.01. The monoisotopic (exact) mass is 179 g/mol. The number of hydrogen-bond acceptors (Lipinski definition) is 3. The highest BCUT2D eigenvalue weighted by atomic mass is 15.0. The fraction of sp³-hybridized carbons (Fsp3) is 0.200. The molecule has 0 rings (SSSR count). The lowest BCUT2D eigenvalue weighted by Crippen LogP contribution is -2.19. The Hall–Kier alpha value is -1.48. The molecule has 5 N–H and O–H groups in total. The van der Waals surface area contributed by atoms with Crippen LogP contribution in [0.2, 0.25) is 0 Å². The second-order valence-electron chi connectivity index (χ2n) is 2.51. The van der Waals surface area contributed by atoms with Gasteiger partial charge < -0.3 is 16.8 Å². The Bertz CT molecular complexity index is 249. The van der Waals surface area contributed by atoms with Crippen LogP contribution in [-0.2, 0) is 0 Å². The minimum absolute atomic E-state index is 0.373. The first kappa shape index (κ1) is 11.5. The van der Waals surface area contributed by atoms with Gasteiger partial charge in [-0.25, -0.2) is 0 Å². The molecule has 0 radical (unpaired) electrons. The fourth-order valence-electron chi connectivity index (χ4n) is 0.769. The van der Waals surface area contributed by atoms with Crippen LogP contribution < -0.4 is 16.8 Å². The van der Waals surface area contributed by atoms with E-state index in [1.807, 2.05) is 19.1 Å². The van der Waals surface area contributed by atoms with E-state index in [-0.39, 0.29) is 0 Å². The van der Waals surface area contributed by atoms with Crippen molar-refractivity contribution in [3.63, 3.8) is 0 Å². The number of allylic oxidation sites excluding steroid dienone is 3. The molecule has 13 heavy (non-hydrogen) atoms. The van der Waals surface area contributed by atoms with Crippen LogP contribution in [0, 0.1) is 0 Å². The van der Waals surface area contributed by atoms with Crippen molar-refractivity contribution >= 4 is 0 Å². The van der Waals surface area contributed by atoms with E-state index >= 15 is 0 Å². The first-order valence-electron chi connectivity index (χ1n) is 4.03. The van der Waals surface area contributed by atoms with Crippen molar-refractivity contribution in [1.29, 1.82) is 0 Å². The molecule has 3 heteroatoms. The Morgan fingerprint density at radius 2 is 2.00 bits per heavy atom. The third-order valence-corrected chi connectivity index (χ3v) is 1.47. The molecule has 0 fully saturated rings. The summed E-state index contributed by atoms with van der Waals surface area (Å²) < 4.78 is 0. The third kappa shape index (κ3) is 4.87. The van der Waals surface area contributed by atoms with E-state index in [1.165, 1.54) is 0 Å². The first-order valence-corrected chi connectivity index (χ1v) is 4.03. The molecule has 0 atom stereocenters. The van der Waals surface area contributed by atoms with E-state index in [0.29, 0.717) is 12.4 Å². The predicted molar refractivity (Wildman–Crippen MR) is 57.6 cm³/mol. The van der Waals surface area contributed by atoms with Crippen molar-refractivity contribution in [2.75, 3.05) is 6.67 Å². The Balaban J connectivity index is 4.25. The van der Waals surface area contributed by atoms with Gasteiger partial charge in [-0.05, 0) is 18.6 Å². The summed E-state index contributed by atoms with van der Waals surface area (Å²) in [4.78, 5) is 0. The molecule has 0 aliphatic rings. The fourth-order valence-corrected chi connectivity index (χ4v) is 0.769. The average molecular weight is 179 g/mol. The third-order valence-electron chi connectivity index (χ3n) is 1.47. The van der Waals surface area contributed by atoms with Gasteiger partial charge in [-0.2, -0.15) is 0 Å². The van der Waals surface area contributed by atoms with Crippen LogP contribution in [0.15, 0.2) is 48.4 Å². The van der Waals surface area contributed by atoms with Gasteiger partial charge in [0.15, 0.2) is 0 Å². The molecule has 0 aromatic rings. The molecule has 0 aliphatic heterocycles. The van der Waals surface area contributed by atoms with Crippen LogP contribution in [0.5, 0.6) is 0 Å². The van der Waals surface area contributed by atoms with Crippen LogP contribution in [-0.4, -0.2) is 6.67 Å². The van der Waals surface area contributed by atoms with Crippen LogP contribution in [0.3, 0.4) is 0 Å². The van der Waals surface area contributed by atoms with Crippen LogP contribution >= 0.6 is 0 Å². The normalized spacial score (nSPS) is 11.7. The van der Waals surface area contributed by atoms with E-state index in [9.17, 15) is 0 Å². The summed E-state index contributed by atoms with van der Waals surface area (Å²) in [5.41, 5.74) is 13.0. The van der Waals surface area contributed by atoms with Crippen molar-refractivity contribution in [3.8, 4) is 0 Å². The van der Waals surface area contributed by atoms with Crippen LogP contribution in [0.1, 0.15) is 6.92 Å². The zero-order valence-electron chi connectivity index (χ0n) is 8.01. The maximum absolute atomic E-state index is 5.52. The highest BCUT2D eigenvalue weighted by Gasteiger charge is 1.91. The highest BCUT2D eigenvalue weighted by Crippen LogP contribution is 2.04. The lowest BCUT2D eigenvalue weighted by molar-refractivity contribution is 0.851. The van der Waals surface area contributed by atoms with Crippen LogP contribution in [0.25, 0.3) is 0 Å². The van der Waals surface area contributed by atoms with Crippen molar-refractivity contribution in [2.45, 2.75) is 6.92 Å². The standard InChI is InChI=1S/C10H17N3/c1-4-10(9(3)12)6-5-8(2)13-7-11/h4-6,13H,2-3,7,11-12H2,1H3/b6-5-,10-4+. The van der Waals surface area contributed by atoms with Gasteiger partial charge in [0.2, 0.25) is 0 Å². The molecular weight excluding hydrogens is 162 g/mol. The topological polar surface area (TPSA) is 64.1 Å². The summed E-state index contributed by atoms with van der Waals surface area (Å²) >= 11 is 0. The maximum Gasteiger partial charge on any atom is 0.0627 e. The van der Waals surface area contributed by atoms with Gasteiger partial charge in [0, 0.05) is 11.4 Å². The van der Waals surface area contributed by atoms with E-state index in [2.05, 4.69) is 18.5 Å². The summed E-state index contributed by atoms with van der Waals surface area (Å²) in [6.07, 6.45) is 5.53. The van der Waals surface area contributed by atoms with Crippen molar-refractivity contribution in [2.24, 2.45) is 11.5 Å². The van der Waals surface area contributed by atoms with Gasteiger partial charge in [0.1, 0.15) is 0 Å². The Morgan fingerprint density at radius 1 is 1.38 bits per heavy atom. The molecule has 0 aromatic carbocycles. The number of hydrogen-bond donors (Lipinski definition) is 3. The Kier molecular flexibility index (Phi) is 5.39. The summed E-state index contributed by atoms with van der Waals surface area (Å²) in [5.74, 6) is 0. The number of nitrogens with two attached hydrogens (primary N) is 2. The Labute approximate surface area is 79.5 Å². The molecule has 0 spiro atoms. The minimum Gasteiger partial charge on any atom is -0.399 e. The largest absolute Gasteiger partial charge is 0.399 e. The lowest BCUT2D eigenvalue weighted by atomic mass is 10.2. The molecule has 0 aliphatic carbocycles. The summed E-state index contributed by atoms with van der Waals surface area (Å²) in [5, 5.41) is 2.86. The molecule has 0 amide bonds. The number of rotatable bonds is 5. The molecule has 0 bridgehead atoms. The van der Waals surface area contributed by atoms with E-state index < -0.39 is 0 Å². The molecule has 0 saturated carbocycles. The van der Waals surface area contributed by atoms with E-state index in [1.54, 1.807) is 6.08 Å². The van der Waals surface area contributed by atoms with Gasteiger partial charge in [-0.1, -0.05) is 25.3 Å². The first-order chi connectivity index (χ1) is 6.11. The van der Waals surface area contributed by atoms with Crippen molar-refractivity contribution in [3.05, 3.63) is 48.4 Å². The minimum atomic E-state index is 0.373. The smallest absolute Gasteiger partial charge is 0.0627 e. The second kappa shape index (κ2) is 6.08. The second-order valence-corrected chi connectivity index (χ2v) is 2.51. The lowest BCUT2D eigenvalue weighted by Gasteiger charge is -2.02. The SMILES string of the molecule is C=C(/C=C\C(=C/C)C(=C)N)NCN. The quantitative estimate of drug-likeness (QED) is 0.435. The van der Waals surface area contributed by atoms with Gasteiger partial charge >= 0.3 is 0 Å². The zero-order chi connectivity index (χ0) is 10.3. The van der Waals surface area contributed by atoms with Gasteiger partial charge in [0.25, 0.3) is 0 Å². The molecule has 0 aromatic heterocycles. The van der Waals surface area contributed by atoms with Gasteiger partial charge in [0.05, 0.1) is 6.67 Å². The molecule has 0 heterocycles. The average Bonchev–Trinajstić information content (AvgIpc) is 2.05. The molecule has 72 valence electrons. The highest BCUT2D eigenvalue weighted by molar-refractivity contribution is 5.37. The molecule has 0 unspecified atom stereocenters. The van der Waals surface area contributed by atoms with E-state index in [0.717, 1.165) is 11.3 Å². The summed E-state index contributed by atoms with van der Waals surface area (Å²) in [7, 11) is 0. The van der Waals surface area contributed by atoms with Crippen molar-refractivity contribution < 1.29 is 0 Å². The van der Waals surface area contributed by atoms with E-state index in [4.69, 9.17) is 11.5 Å². The van der Waals surface area contributed by atoms with Gasteiger partial charge in [-0.3, -0.25) is 0 Å². The molecular formula is C10H17N3. The Morgan fingerprint density at radius 3 is 2.38 bits per heavy atom. The maximum atomic E-state index is 5.52. The van der Waals surface area contributed by atoms with Crippen LogP contribution in [0.4, 0.5) is 0 Å². The molecule has 0 saturated heterocycles.